The van der Waals surface area contributed by atoms with Gasteiger partial charge in [0.2, 0.25) is 5.91 Å². The van der Waals surface area contributed by atoms with E-state index in [1.165, 1.54) is 4.90 Å². The Bertz CT molecular complexity index is 1120. The van der Waals surface area contributed by atoms with E-state index >= 15 is 0 Å². The number of piperidine rings is 1. The summed E-state index contributed by atoms with van der Waals surface area (Å²) in [4.78, 5) is 46.9. The lowest BCUT2D eigenvalue weighted by atomic mass is 9.95. The van der Waals surface area contributed by atoms with Gasteiger partial charge in [0.15, 0.2) is 0 Å². The quantitative estimate of drug-likeness (QED) is 0.678. The zero-order chi connectivity index (χ0) is 25.1. The van der Waals surface area contributed by atoms with Crippen LogP contribution in [0.3, 0.4) is 0 Å². The van der Waals surface area contributed by atoms with Crippen LogP contribution in [0.25, 0.3) is 0 Å². The Balaban J connectivity index is 1.38. The number of carbonyl (C=O) groups excluding carboxylic acids is 2. The van der Waals surface area contributed by atoms with E-state index in [0.717, 1.165) is 43.1 Å². The molecular weight excluding hydrogens is 449 g/mol. The summed E-state index contributed by atoms with van der Waals surface area (Å²) in [7, 11) is 2.10. The third-order valence-corrected chi connectivity index (χ3v) is 6.97. The van der Waals surface area contributed by atoms with Crippen LogP contribution in [0.1, 0.15) is 33.6 Å². The minimum absolute atomic E-state index is 0.0282. The molecule has 2 amide bonds. The molecule has 2 aromatic rings. The minimum atomic E-state index is -1.28. The molecule has 1 aromatic carbocycles. The number of aromatic nitrogens is 1. The Hall–Kier alpha value is -3.20. The van der Waals surface area contributed by atoms with Crippen molar-refractivity contribution in [3.63, 3.8) is 0 Å². The number of halogens is 1. The van der Waals surface area contributed by atoms with E-state index in [0.29, 0.717) is 11.1 Å². The molecule has 0 aliphatic carbocycles. The highest BCUT2D eigenvalue weighted by atomic mass is 19.1. The maximum Gasteiger partial charge on any atom is 0.253 e. The van der Waals surface area contributed by atoms with Crippen LogP contribution >= 0.6 is 0 Å². The molecule has 2 saturated heterocycles. The Labute approximate surface area is 205 Å². The highest BCUT2D eigenvalue weighted by molar-refractivity contribution is 5.95. The van der Waals surface area contributed by atoms with Crippen molar-refractivity contribution in [1.29, 1.82) is 0 Å². The molecule has 35 heavy (non-hydrogen) atoms. The SMILES string of the molecule is Cc1cc(C)c(CNC(=O)C2CC(F)CN(C(=O)c3ccc(N4CCN(C)CC4)cc3)C2)c(=O)[nH]1. The summed E-state index contributed by atoms with van der Waals surface area (Å²) in [5, 5.41) is 2.76. The molecule has 0 spiro atoms. The molecule has 0 radical (unpaired) electrons. The van der Waals surface area contributed by atoms with Crippen LogP contribution < -0.4 is 15.8 Å². The van der Waals surface area contributed by atoms with E-state index in [-0.39, 0.29) is 43.4 Å². The van der Waals surface area contributed by atoms with Crippen LogP contribution in [0.15, 0.2) is 35.1 Å². The summed E-state index contributed by atoms with van der Waals surface area (Å²) < 4.78 is 14.6. The lowest BCUT2D eigenvalue weighted by molar-refractivity contribution is -0.127. The number of rotatable bonds is 5. The number of carbonyl (C=O) groups is 2. The predicted molar refractivity (Wildman–Crippen MR) is 133 cm³/mol. The van der Waals surface area contributed by atoms with Gasteiger partial charge in [0.05, 0.1) is 12.5 Å². The largest absolute Gasteiger partial charge is 0.369 e. The van der Waals surface area contributed by atoms with E-state index in [1.807, 2.05) is 25.1 Å². The van der Waals surface area contributed by atoms with Crippen LogP contribution in [0, 0.1) is 19.8 Å². The molecule has 2 atom stereocenters. The summed E-state index contributed by atoms with van der Waals surface area (Å²) in [6.45, 7) is 7.66. The topological polar surface area (TPSA) is 88.8 Å². The maximum atomic E-state index is 14.6. The van der Waals surface area contributed by atoms with Gasteiger partial charge >= 0.3 is 0 Å². The van der Waals surface area contributed by atoms with Crippen LogP contribution in [0.4, 0.5) is 10.1 Å². The highest BCUT2D eigenvalue weighted by Crippen LogP contribution is 2.23. The first kappa shape index (κ1) is 24.9. The molecule has 0 bridgehead atoms. The Kier molecular flexibility index (Phi) is 7.54. The van der Waals surface area contributed by atoms with Gasteiger partial charge in [0.1, 0.15) is 6.17 Å². The van der Waals surface area contributed by atoms with Gasteiger partial charge in [0.25, 0.3) is 11.5 Å². The molecule has 4 rings (SSSR count). The fraction of sp³-hybridized carbons (Fsp3) is 0.500. The number of nitrogens with zero attached hydrogens (tertiary/aromatic N) is 3. The van der Waals surface area contributed by atoms with Gasteiger partial charge in [-0.15, -0.1) is 0 Å². The van der Waals surface area contributed by atoms with E-state index < -0.39 is 12.1 Å². The number of amides is 2. The van der Waals surface area contributed by atoms with Gasteiger partial charge in [-0.05, 0) is 63.2 Å². The fourth-order valence-electron chi connectivity index (χ4n) is 4.88. The second-order valence-corrected chi connectivity index (χ2v) is 9.74. The molecule has 2 aliphatic heterocycles. The predicted octanol–water partition coefficient (Wildman–Crippen LogP) is 1.86. The standard InChI is InChI=1S/C26H34FN5O3/c1-17-12-18(2)29-25(34)23(17)14-28-24(33)20-13-21(27)16-32(15-20)26(35)19-4-6-22(7-5-19)31-10-8-30(3)9-11-31/h4-7,12,20-21H,8-11,13-16H2,1-3H3,(H,28,33)(H,29,34). The number of likely N-dealkylation sites (N-methyl/N-ethyl adjacent to an activating group) is 1. The number of aromatic amines is 1. The number of anilines is 1. The monoisotopic (exact) mass is 483 g/mol. The molecular formula is C26H34FN5O3. The second-order valence-electron chi connectivity index (χ2n) is 9.74. The van der Waals surface area contributed by atoms with E-state index in [1.54, 1.807) is 19.1 Å². The van der Waals surface area contributed by atoms with Crippen molar-refractivity contribution in [3.8, 4) is 0 Å². The smallest absolute Gasteiger partial charge is 0.253 e. The summed E-state index contributed by atoms with van der Waals surface area (Å²) in [6.07, 6.45) is -1.22. The van der Waals surface area contributed by atoms with Crippen LogP contribution in [0.2, 0.25) is 0 Å². The molecule has 2 aliphatic rings. The maximum absolute atomic E-state index is 14.6. The Morgan fingerprint density at radius 1 is 1.09 bits per heavy atom. The summed E-state index contributed by atoms with van der Waals surface area (Å²) >= 11 is 0. The summed E-state index contributed by atoms with van der Waals surface area (Å²) in [5.74, 6) is -1.30. The Morgan fingerprint density at radius 2 is 1.77 bits per heavy atom. The average molecular weight is 484 g/mol. The van der Waals surface area contributed by atoms with Crippen molar-refractivity contribution >= 4 is 17.5 Å². The number of H-pyrrole nitrogens is 1. The Morgan fingerprint density at radius 3 is 2.43 bits per heavy atom. The fourth-order valence-corrected chi connectivity index (χ4v) is 4.88. The number of aryl methyl sites for hydroxylation is 2. The summed E-state index contributed by atoms with van der Waals surface area (Å²) in [5.41, 5.74) is 3.32. The van der Waals surface area contributed by atoms with Gasteiger partial charge in [-0.3, -0.25) is 14.4 Å². The molecule has 2 unspecified atom stereocenters. The van der Waals surface area contributed by atoms with Crippen LogP contribution in [-0.2, 0) is 11.3 Å². The number of benzene rings is 1. The van der Waals surface area contributed by atoms with Gasteiger partial charge in [0, 0.05) is 61.8 Å². The van der Waals surface area contributed by atoms with Crippen molar-refractivity contribution in [3.05, 3.63) is 63.1 Å². The van der Waals surface area contributed by atoms with Gasteiger partial charge < -0.3 is 25.0 Å². The lowest BCUT2D eigenvalue weighted by Gasteiger charge is -2.35. The van der Waals surface area contributed by atoms with Crippen molar-refractivity contribution in [2.45, 2.75) is 33.0 Å². The van der Waals surface area contributed by atoms with Crippen LogP contribution in [-0.4, -0.2) is 79.1 Å². The molecule has 8 nitrogen and oxygen atoms in total. The van der Waals surface area contributed by atoms with Gasteiger partial charge in [-0.25, -0.2) is 4.39 Å². The molecule has 188 valence electrons. The molecule has 3 heterocycles. The van der Waals surface area contributed by atoms with Gasteiger partial charge in [-0.1, -0.05) is 0 Å². The number of piperazine rings is 1. The van der Waals surface area contributed by atoms with Crippen molar-refractivity contribution in [2.24, 2.45) is 5.92 Å². The van der Waals surface area contributed by atoms with Crippen molar-refractivity contribution in [2.75, 3.05) is 51.2 Å². The lowest BCUT2D eigenvalue weighted by Crippen LogP contribution is -2.49. The zero-order valence-electron chi connectivity index (χ0n) is 20.6. The zero-order valence-corrected chi connectivity index (χ0v) is 20.6. The van der Waals surface area contributed by atoms with E-state index in [9.17, 15) is 18.8 Å². The molecule has 9 heteroatoms. The number of nitrogens with one attached hydrogen (secondary N) is 2. The normalized spacial score (nSPS) is 21.1. The van der Waals surface area contributed by atoms with Gasteiger partial charge in [-0.2, -0.15) is 0 Å². The van der Waals surface area contributed by atoms with E-state index in [2.05, 4.69) is 27.1 Å². The minimum Gasteiger partial charge on any atom is -0.369 e. The van der Waals surface area contributed by atoms with Crippen molar-refractivity contribution < 1.29 is 14.0 Å². The second kappa shape index (κ2) is 10.6. The van der Waals surface area contributed by atoms with Crippen molar-refractivity contribution in [1.82, 2.24) is 20.1 Å². The number of likely N-dealkylation sites (tertiary alicyclic amines) is 1. The first-order chi connectivity index (χ1) is 16.7. The van der Waals surface area contributed by atoms with E-state index in [4.69, 9.17) is 0 Å². The number of hydrogen-bond acceptors (Lipinski definition) is 5. The molecule has 2 fully saturated rings. The third-order valence-electron chi connectivity index (χ3n) is 6.97. The summed E-state index contributed by atoms with van der Waals surface area (Å²) in [6, 6.07) is 9.26. The van der Waals surface area contributed by atoms with Crippen LogP contribution in [0.5, 0.6) is 0 Å². The number of alkyl halides is 1. The first-order valence-electron chi connectivity index (χ1n) is 12.1. The third kappa shape index (κ3) is 5.90. The molecule has 2 N–H and O–H groups in total. The molecule has 0 saturated carbocycles. The average Bonchev–Trinajstić information content (AvgIpc) is 2.83. The number of hydrogen-bond donors (Lipinski definition) is 2. The highest BCUT2D eigenvalue weighted by Gasteiger charge is 2.34. The number of pyridine rings is 1. The molecule has 1 aromatic heterocycles. The first-order valence-corrected chi connectivity index (χ1v) is 12.1.